The lowest BCUT2D eigenvalue weighted by Crippen LogP contribution is -2.48. The molecule has 1 aromatic heterocycles. The van der Waals surface area contributed by atoms with Crippen LogP contribution in [0.15, 0.2) is 54.6 Å². The molecule has 1 amide bonds. The number of thiocarbonyl (C=S) groups is 1. The zero-order valence-corrected chi connectivity index (χ0v) is 19.8. The van der Waals surface area contributed by atoms with Crippen LogP contribution in [-0.4, -0.2) is 45.4 Å². The van der Waals surface area contributed by atoms with E-state index in [0.717, 1.165) is 48.6 Å². The van der Waals surface area contributed by atoms with E-state index in [0.29, 0.717) is 11.4 Å². The summed E-state index contributed by atoms with van der Waals surface area (Å²) in [6.45, 7) is 3.15. The smallest absolute Gasteiger partial charge is 0.291 e. The minimum Gasteiger partial charge on any atom is -0.489 e. The van der Waals surface area contributed by atoms with E-state index < -0.39 is 6.04 Å². The van der Waals surface area contributed by atoms with Gasteiger partial charge in [-0.2, -0.15) is 0 Å². The van der Waals surface area contributed by atoms with Gasteiger partial charge in [0.25, 0.3) is 5.91 Å². The molecule has 1 N–H and O–H groups in total. The number of hydrogen-bond acceptors (Lipinski definition) is 5. The minimum atomic E-state index is -0.463. The lowest BCUT2D eigenvalue weighted by Gasteiger charge is -2.23. The highest BCUT2D eigenvalue weighted by Gasteiger charge is 2.29. The van der Waals surface area contributed by atoms with Crippen LogP contribution in [0.5, 0.6) is 5.75 Å². The number of benzene rings is 2. The SMILES string of the molecule is CCCCCn1nc(C(=O)N[C@H]2COc3ccccc3N(C)C2=S)nc1Cc1ccccc1. The Kier molecular flexibility index (Phi) is 7.34. The highest BCUT2D eigenvalue weighted by molar-refractivity contribution is 7.80. The maximum Gasteiger partial charge on any atom is 0.291 e. The molecule has 0 bridgehead atoms. The number of amides is 1. The average molecular weight is 464 g/mol. The van der Waals surface area contributed by atoms with Crippen molar-refractivity contribution in [1.82, 2.24) is 20.1 Å². The molecular formula is C25H29N5O2S. The fourth-order valence-corrected chi connectivity index (χ4v) is 4.08. The highest BCUT2D eigenvalue weighted by atomic mass is 32.1. The Morgan fingerprint density at radius 1 is 1.15 bits per heavy atom. The fraction of sp³-hybridized carbons (Fsp3) is 0.360. The summed E-state index contributed by atoms with van der Waals surface area (Å²) >= 11 is 5.65. The van der Waals surface area contributed by atoms with Gasteiger partial charge in [0.05, 0.1) is 5.69 Å². The largest absolute Gasteiger partial charge is 0.489 e. The number of likely N-dealkylation sites (N-methyl/N-ethyl adjacent to an activating group) is 1. The van der Waals surface area contributed by atoms with Crippen LogP contribution in [0.3, 0.4) is 0 Å². The summed E-state index contributed by atoms with van der Waals surface area (Å²) in [5, 5.41) is 7.52. The number of nitrogens with one attached hydrogen (secondary N) is 1. The van der Waals surface area contributed by atoms with Crippen molar-refractivity contribution in [2.24, 2.45) is 0 Å². The zero-order valence-electron chi connectivity index (χ0n) is 19.0. The summed E-state index contributed by atoms with van der Waals surface area (Å²) in [6.07, 6.45) is 3.83. The number of ether oxygens (including phenoxy) is 1. The van der Waals surface area contributed by atoms with E-state index in [9.17, 15) is 4.79 Å². The van der Waals surface area contributed by atoms with E-state index in [-0.39, 0.29) is 18.3 Å². The molecule has 1 aliphatic rings. The Balaban J connectivity index is 1.51. The van der Waals surface area contributed by atoms with Crippen LogP contribution in [0.4, 0.5) is 5.69 Å². The summed E-state index contributed by atoms with van der Waals surface area (Å²) in [5.41, 5.74) is 2.01. The molecule has 172 valence electrons. The number of aryl methyl sites for hydroxylation is 1. The Hall–Kier alpha value is -3.26. The molecule has 1 aliphatic heterocycles. The molecule has 33 heavy (non-hydrogen) atoms. The first kappa shape index (κ1) is 22.9. The summed E-state index contributed by atoms with van der Waals surface area (Å²) in [7, 11) is 1.88. The molecule has 0 unspecified atom stereocenters. The number of rotatable bonds is 8. The number of nitrogens with zero attached hydrogens (tertiary/aromatic N) is 4. The summed E-state index contributed by atoms with van der Waals surface area (Å²) in [4.78, 5) is 20.2. The number of carbonyl (C=O) groups excluding carboxylic acids is 1. The zero-order chi connectivity index (χ0) is 23.2. The van der Waals surface area contributed by atoms with Crippen molar-refractivity contribution in [2.45, 2.75) is 45.2 Å². The molecule has 2 heterocycles. The Labute approximate surface area is 199 Å². The van der Waals surface area contributed by atoms with Crippen LogP contribution in [-0.2, 0) is 13.0 Å². The van der Waals surface area contributed by atoms with Gasteiger partial charge in [-0.15, -0.1) is 5.10 Å². The second-order valence-corrected chi connectivity index (χ2v) is 8.56. The predicted octanol–water partition coefficient (Wildman–Crippen LogP) is 4.01. The number of fused-ring (bicyclic) bond motifs is 1. The number of unbranched alkanes of at least 4 members (excludes halogenated alkanes) is 2. The fourth-order valence-electron chi connectivity index (χ4n) is 3.85. The highest BCUT2D eigenvalue weighted by Crippen LogP contribution is 2.30. The van der Waals surface area contributed by atoms with Crippen molar-refractivity contribution < 1.29 is 9.53 Å². The van der Waals surface area contributed by atoms with Crippen molar-refractivity contribution in [3.63, 3.8) is 0 Å². The molecule has 1 atom stereocenters. The van der Waals surface area contributed by atoms with E-state index >= 15 is 0 Å². The van der Waals surface area contributed by atoms with Crippen molar-refractivity contribution >= 4 is 28.8 Å². The minimum absolute atomic E-state index is 0.157. The van der Waals surface area contributed by atoms with Crippen molar-refractivity contribution in [2.75, 3.05) is 18.6 Å². The van der Waals surface area contributed by atoms with E-state index in [2.05, 4.69) is 34.5 Å². The van der Waals surface area contributed by atoms with Gasteiger partial charge in [0.2, 0.25) is 5.82 Å². The Morgan fingerprint density at radius 2 is 1.91 bits per heavy atom. The van der Waals surface area contributed by atoms with Crippen LogP contribution >= 0.6 is 12.2 Å². The van der Waals surface area contributed by atoms with Crippen molar-refractivity contribution in [1.29, 1.82) is 0 Å². The van der Waals surface area contributed by atoms with Gasteiger partial charge in [-0.1, -0.05) is 74.4 Å². The van der Waals surface area contributed by atoms with Gasteiger partial charge in [0.1, 0.15) is 29.2 Å². The quantitative estimate of drug-likeness (QED) is 0.402. The molecule has 2 aromatic carbocycles. The van der Waals surface area contributed by atoms with Gasteiger partial charge in [0.15, 0.2) is 0 Å². The molecule has 0 saturated heterocycles. The Bertz CT molecular complexity index is 1110. The van der Waals surface area contributed by atoms with E-state index in [1.165, 1.54) is 0 Å². The van der Waals surface area contributed by atoms with Gasteiger partial charge in [-0.05, 0) is 24.1 Å². The first-order valence-electron chi connectivity index (χ1n) is 11.3. The van der Waals surface area contributed by atoms with E-state index in [1.54, 1.807) is 0 Å². The van der Waals surface area contributed by atoms with Gasteiger partial charge in [0, 0.05) is 20.0 Å². The van der Waals surface area contributed by atoms with Crippen LogP contribution in [0.25, 0.3) is 0 Å². The van der Waals surface area contributed by atoms with Crippen molar-refractivity contribution in [3.8, 4) is 5.75 Å². The molecule has 7 nitrogen and oxygen atoms in total. The number of para-hydroxylation sites is 2. The molecule has 8 heteroatoms. The second kappa shape index (κ2) is 10.6. The number of carbonyl (C=O) groups is 1. The lowest BCUT2D eigenvalue weighted by atomic mass is 10.1. The number of aromatic nitrogens is 3. The van der Waals surface area contributed by atoms with Gasteiger partial charge in [-0.25, -0.2) is 9.67 Å². The topological polar surface area (TPSA) is 72.3 Å². The normalized spacial score (nSPS) is 15.5. The third-order valence-electron chi connectivity index (χ3n) is 5.70. The van der Waals surface area contributed by atoms with Gasteiger partial charge in [-0.3, -0.25) is 4.79 Å². The van der Waals surface area contributed by atoms with E-state index in [4.69, 9.17) is 17.0 Å². The van der Waals surface area contributed by atoms with Crippen molar-refractivity contribution in [3.05, 3.63) is 71.8 Å². The van der Waals surface area contributed by atoms with E-state index in [1.807, 2.05) is 59.1 Å². The summed E-state index contributed by atoms with van der Waals surface area (Å²) < 4.78 is 7.78. The summed E-state index contributed by atoms with van der Waals surface area (Å²) in [5.74, 6) is 1.33. The predicted molar refractivity (Wildman–Crippen MR) is 133 cm³/mol. The van der Waals surface area contributed by atoms with Crippen LogP contribution < -0.4 is 15.0 Å². The number of anilines is 1. The molecule has 0 aliphatic carbocycles. The van der Waals surface area contributed by atoms with Crippen LogP contribution in [0.2, 0.25) is 0 Å². The maximum absolute atomic E-state index is 13.1. The second-order valence-electron chi connectivity index (χ2n) is 8.15. The monoisotopic (exact) mass is 463 g/mol. The molecule has 0 spiro atoms. The molecular weight excluding hydrogens is 434 g/mol. The van der Waals surface area contributed by atoms with Gasteiger partial charge >= 0.3 is 0 Å². The molecule has 0 saturated carbocycles. The molecule has 4 rings (SSSR count). The third-order valence-corrected chi connectivity index (χ3v) is 6.25. The average Bonchev–Trinajstić information content (AvgIpc) is 3.19. The maximum atomic E-state index is 13.1. The molecule has 0 fully saturated rings. The lowest BCUT2D eigenvalue weighted by molar-refractivity contribution is 0.0927. The van der Waals surface area contributed by atoms with Crippen LogP contribution in [0, 0.1) is 0 Å². The standard InChI is InChI=1S/C25H29N5O2S/c1-3-4-10-15-30-22(16-18-11-6-5-7-12-18)27-23(28-30)24(31)26-19-17-32-21-14-9-8-13-20(21)29(2)25(19)33/h5-9,11-14,19H,3-4,10,15-17H2,1-2H3,(H,26,31)/t19-/m0/s1. The molecule has 3 aromatic rings. The first-order chi connectivity index (χ1) is 16.1. The number of hydrogen-bond donors (Lipinski definition) is 1. The Morgan fingerprint density at radius 3 is 2.70 bits per heavy atom. The van der Waals surface area contributed by atoms with Gasteiger partial charge < -0.3 is 15.0 Å². The summed E-state index contributed by atoms with van der Waals surface area (Å²) in [6, 6.07) is 17.3. The molecule has 0 radical (unpaired) electrons. The first-order valence-corrected chi connectivity index (χ1v) is 11.8. The van der Waals surface area contributed by atoms with Crippen LogP contribution in [0.1, 0.15) is 48.2 Å². The third kappa shape index (κ3) is 5.39.